The van der Waals surface area contributed by atoms with Gasteiger partial charge >= 0.3 is 0 Å². The smallest absolute Gasteiger partial charge is 0.0647 e. The fourth-order valence-corrected chi connectivity index (χ4v) is 6.31. The topological polar surface area (TPSA) is 15.8 Å². The largest absolute Gasteiger partial charge is 0.353 e. The van der Waals surface area contributed by atoms with E-state index in [1.807, 2.05) is 11.3 Å². The van der Waals surface area contributed by atoms with Crippen molar-refractivity contribution >= 4 is 76.0 Å². The number of hydrogen-bond acceptors (Lipinski definition) is 1. The molecule has 0 amide bonds. The van der Waals surface area contributed by atoms with E-state index in [1.165, 1.54) is 57.6 Å². The van der Waals surface area contributed by atoms with E-state index in [0.29, 0.717) is 0 Å². The van der Waals surface area contributed by atoms with Crippen molar-refractivity contribution in [3.63, 3.8) is 0 Å². The Hall–Kier alpha value is -2.10. The molecule has 1 aliphatic carbocycles. The zero-order valence-corrected chi connectivity index (χ0v) is 15.8. The van der Waals surface area contributed by atoms with Crippen LogP contribution in [0.25, 0.3) is 48.7 Å². The van der Waals surface area contributed by atoms with Gasteiger partial charge in [0.05, 0.1) is 15.7 Å². The van der Waals surface area contributed by atoms with Crippen LogP contribution in [-0.2, 0) is 6.42 Å². The molecule has 0 atom stereocenters. The quantitative estimate of drug-likeness (QED) is 0.277. The lowest BCUT2D eigenvalue weighted by molar-refractivity contribution is 1.01. The molecule has 1 aliphatic rings. The molecule has 0 unspecified atom stereocenters. The van der Waals surface area contributed by atoms with Gasteiger partial charge in [0.15, 0.2) is 0 Å². The first-order valence-electron chi connectivity index (χ1n) is 8.55. The Bertz CT molecular complexity index is 1350. The molecule has 0 spiro atoms. The Morgan fingerprint density at radius 2 is 1.88 bits per heavy atom. The van der Waals surface area contributed by atoms with Crippen LogP contribution in [0.2, 0.25) is 0 Å². The molecule has 2 aromatic heterocycles. The number of halogens is 1. The van der Waals surface area contributed by atoms with Gasteiger partial charge < -0.3 is 4.98 Å². The van der Waals surface area contributed by atoms with E-state index < -0.39 is 0 Å². The first-order valence-corrected chi connectivity index (χ1v) is 10.2. The fraction of sp³-hybridized carbons (Fsp3) is 0.0909. The van der Waals surface area contributed by atoms with Gasteiger partial charge in [0.25, 0.3) is 0 Å². The van der Waals surface area contributed by atoms with Gasteiger partial charge in [-0.1, -0.05) is 58.4 Å². The maximum Gasteiger partial charge on any atom is 0.0647 e. The maximum absolute atomic E-state index is 3.87. The van der Waals surface area contributed by atoms with Gasteiger partial charge in [0.1, 0.15) is 0 Å². The molecule has 1 N–H and O–H groups in total. The lowest BCUT2D eigenvalue weighted by Crippen LogP contribution is -1.89. The fourth-order valence-electron chi connectivity index (χ4n) is 4.20. The van der Waals surface area contributed by atoms with Crippen LogP contribution < -0.4 is 0 Å². The van der Waals surface area contributed by atoms with Crippen LogP contribution in [-0.4, -0.2) is 4.98 Å². The lowest BCUT2D eigenvalue weighted by Gasteiger charge is -2.06. The third-order valence-corrected chi connectivity index (χ3v) is 7.18. The Balaban J connectivity index is 1.86. The minimum absolute atomic E-state index is 1.14. The normalized spacial score (nSPS) is 14.1. The SMILES string of the molecule is Brc1cc2c3ccc4ccccc4c3[nH]c2c2sc3c(c12)CCC=C3. The van der Waals surface area contributed by atoms with Crippen molar-refractivity contribution in [3.05, 3.63) is 63.5 Å². The van der Waals surface area contributed by atoms with Crippen molar-refractivity contribution in [1.82, 2.24) is 4.98 Å². The molecule has 0 saturated carbocycles. The summed E-state index contributed by atoms with van der Waals surface area (Å²) in [6.45, 7) is 0. The van der Waals surface area contributed by atoms with E-state index in [0.717, 1.165) is 12.8 Å². The molecular formula is C22H14BrNS. The number of allylic oxidation sites excluding steroid dienone is 1. The summed E-state index contributed by atoms with van der Waals surface area (Å²) in [6.07, 6.45) is 6.86. The molecule has 120 valence electrons. The van der Waals surface area contributed by atoms with Crippen molar-refractivity contribution in [1.29, 1.82) is 0 Å². The molecule has 2 heterocycles. The van der Waals surface area contributed by atoms with Crippen molar-refractivity contribution < 1.29 is 0 Å². The van der Waals surface area contributed by atoms with Gasteiger partial charge in [-0.05, 0) is 35.9 Å². The summed E-state index contributed by atoms with van der Waals surface area (Å²) >= 11 is 5.78. The van der Waals surface area contributed by atoms with Crippen LogP contribution in [0.4, 0.5) is 0 Å². The highest BCUT2D eigenvalue weighted by Crippen LogP contribution is 2.45. The second-order valence-corrected chi connectivity index (χ2v) is 8.61. The summed E-state index contributed by atoms with van der Waals surface area (Å²) in [7, 11) is 0. The Labute approximate surface area is 157 Å². The molecule has 0 radical (unpaired) electrons. The molecule has 6 rings (SSSR count). The highest BCUT2D eigenvalue weighted by Gasteiger charge is 2.19. The number of H-pyrrole nitrogens is 1. The highest BCUT2D eigenvalue weighted by molar-refractivity contribution is 9.10. The Kier molecular flexibility index (Phi) is 2.80. The highest BCUT2D eigenvalue weighted by atomic mass is 79.9. The molecule has 5 aromatic rings. The Morgan fingerprint density at radius 3 is 2.84 bits per heavy atom. The van der Waals surface area contributed by atoms with E-state index >= 15 is 0 Å². The van der Waals surface area contributed by atoms with E-state index in [4.69, 9.17) is 0 Å². The maximum atomic E-state index is 3.87. The van der Waals surface area contributed by atoms with Crippen molar-refractivity contribution in [3.8, 4) is 0 Å². The third-order valence-electron chi connectivity index (χ3n) is 5.34. The van der Waals surface area contributed by atoms with Crippen molar-refractivity contribution in [2.45, 2.75) is 12.8 Å². The summed E-state index contributed by atoms with van der Waals surface area (Å²) in [6, 6.07) is 15.4. The molecule has 0 bridgehead atoms. The summed E-state index contributed by atoms with van der Waals surface area (Å²) < 4.78 is 2.60. The number of aromatic nitrogens is 1. The standard InChI is InChI=1S/C22H14BrNS/c23-17-11-16-14-10-9-12-5-1-2-6-13(12)20(14)24-21(16)22-19(17)15-7-3-4-8-18(15)25-22/h1-2,4-6,8-11,24H,3,7H2. The zero-order valence-electron chi connectivity index (χ0n) is 13.4. The number of thiophene rings is 1. The average Bonchev–Trinajstić information content (AvgIpc) is 3.21. The molecular weight excluding hydrogens is 390 g/mol. The van der Waals surface area contributed by atoms with Gasteiger partial charge in [-0.3, -0.25) is 0 Å². The minimum Gasteiger partial charge on any atom is -0.353 e. The third kappa shape index (κ3) is 1.83. The van der Waals surface area contributed by atoms with Gasteiger partial charge in [-0.2, -0.15) is 0 Å². The van der Waals surface area contributed by atoms with Crippen LogP contribution in [0.5, 0.6) is 0 Å². The number of fused-ring (bicyclic) bond motifs is 9. The van der Waals surface area contributed by atoms with Crippen LogP contribution >= 0.6 is 27.3 Å². The summed E-state index contributed by atoms with van der Waals surface area (Å²) in [4.78, 5) is 5.18. The molecule has 3 aromatic carbocycles. The summed E-state index contributed by atoms with van der Waals surface area (Å²) in [5, 5.41) is 6.58. The molecule has 3 heteroatoms. The van der Waals surface area contributed by atoms with E-state index in [2.05, 4.69) is 75.5 Å². The number of nitrogens with one attached hydrogen (secondary N) is 1. The minimum atomic E-state index is 1.14. The molecule has 0 aliphatic heterocycles. The predicted octanol–water partition coefficient (Wildman–Crippen LogP) is 7.41. The lowest BCUT2D eigenvalue weighted by atomic mass is 10.00. The predicted molar refractivity (Wildman–Crippen MR) is 114 cm³/mol. The monoisotopic (exact) mass is 403 g/mol. The molecule has 0 fully saturated rings. The molecule has 25 heavy (non-hydrogen) atoms. The zero-order chi connectivity index (χ0) is 16.5. The van der Waals surface area contributed by atoms with E-state index in [-0.39, 0.29) is 0 Å². The first kappa shape index (κ1) is 14.1. The Morgan fingerprint density at radius 1 is 0.960 bits per heavy atom. The van der Waals surface area contributed by atoms with E-state index in [1.54, 1.807) is 0 Å². The number of rotatable bonds is 0. The van der Waals surface area contributed by atoms with Gasteiger partial charge in [0.2, 0.25) is 0 Å². The van der Waals surface area contributed by atoms with Crippen LogP contribution in [0.1, 0.15) is 16.9 Å². The number of aromatic amines is 1. The molecule has 1 nitrogen and oxygen atoms in total. The van der Waals surface area contributed by atoms with Crippen molar-refractivity contribution in [2.24, 2.45) is 0 Å². The summed E-state index contributed by atoms with van der Waals surface area (Å²) in [5.74, 6) is 0. The van der Waals surface area contributed by atoms with E-state index in [9.17, 15) is 0 Å². The molecule has 0 saturated heterocycles. The average molecular weight is 404 g/mol. The van der Waals surface area contributed by atoms with Gasteiger partial charge in [-0.15, -0.1) is 11.3 Å². The van der Waals surface area contributed by atoms with Crippen molar-refractivity contribution in [2.75, 3.05) is 0 Å². The van der Waals surface area contributed by atoms with Gasteiger partial charge in [-0.25, -0.2) is 0 Å². The van der Waals surface area contributed by atoms with Gasteiger partial charge in [0, 0.05) is 30.9 Å². The van der Waals surface area contributed by atoms with Crippen LogP contribution in [0.15, 0.2) is 53.0 Å². The second-order valence-electron chi connectivity index (χ2n) is 6.71. The first-order chi connectivity index (χ1) is 12.3. The number of hydrogen-bond donors (Lipinski definition) is 1. The summed E-state index contributed by atoms with van der Waals surface area (Å²) in [5.41, 5.74) is 4.02. The van der Waals surface area contributed by atoms with Crippen LogP contribution in [0.3, 0.4) is 0 Å². The number of benzene rings is 3. The van der Waals surface area contributed by atoms with Crippen LogP contribution in [0, 0.1) is 0 Å². The number of aryl methyl sites for hydroxylation is 1. The second kappa shape index (κ2) is 4.96.